The van der Waals surface area contributed by atoms with Crippen molar-refractivity contribution < 1.29 is 37.4 Å². The van der Waals surface area contributed by atoms with Gasteiger partial charge in [0.05, 0.1) is 16.7 Å². The van der Waals surface area contributed by atoms with Crippen molar-refractivity contribution in [2.75, 3.05) is 6.54 Å². The molecule has 9 heteroatoms. The van der Waals surface area contributed by atoms with Gasteiger partial charge in [0.15, 0.2) is 0 Å². The molecule has 1 atom stereocenters. The van der Waals surface area contributed by atoms with E-state index in [2.05, 4.69) is 0 Å². The molecule has 1 heterocycles. The van der Waals surface area contributed by atoms with E-state index in [0.29, 0.717) is 19.0 Å². The van der Waals surface area contributed by atoms with Crippen LogP contribution in [0.4, 0.5) is 13.2 Å². The number of hydrogen-bond donors (Lipinski definition) is 1. The Bertz CT molecular complexity index is 763. The molecule has 1 aliphatic heterocycles. The summed E-state index contributed by atoms with van der Waals surface area (Å²) in [5.74, 6) is -0.00934. The van der Waals surface area contributed by atoms with Crippen molar-refractivity contribution in [2.45, 2.75) is 51.5 Å². The Morgan fingerprint density at radius 3 is 2.48 bits per heavy atom. The number of carbonyl (C=O) groups excluding carboxylic acids is 1. The predicted octanol–water partition coefficient (Wildman–Crippen LogP) is 3.69. The fourth-order valence-corrected chi connectivity index (χ4v) is 2.65. The number of carboxylic acids is 1. The first-order chi connectivity index (χ1) is 12.4. The maximum Gasteiger partial charge on any atom is 0.417 e. The zero-order chi connectivity index (χ0) is 20.4. The minimum Gasteiger partial charge on any atom is -0.490 e. The van der Waals surface area contributed by atoms with Gasteiger partial charge in [0, 0.05) is 19.4 Å². The number of alkyl halides is 3. The number of piperidine rings is 1. The summed E-state index contributed by atoms with van der Waals surface area (Å²) in [5, 5.41) is 10.3. The highest BCUT2D eigenvalue weighted by atomic mass is 19.4. The normalized spacial score (nSPS) is 18.2. The smallest absolute Gasteiger partial charge is 0.417 e. The first-order valence-corrected chi connectivity index (χ1v) is 8.22. The molecule has 1 N–H and O–H groups in total. The number of hydrogen-bond acceptors (Lipinski definition) is 5. The number of aromatic carboxylic acids is 1. The fourth-order valence-electron chi connectivity index (χ4n) is 2.65. The highest BCUT2D eigenvalue weighted by Gasteiger charge is 2.36. The van der Waals surface area contributed by atoms with Crippen LogP contribution in [0.25, 0.3) is 0 Å². The van der Waals surface area contributed by atoms with Gasteiger partial charge < -0.3 is 9.84 Å². The molecule has 2 rings (SSSR count). The van der Waals surface area contributed by atoms with Crippen LogP contribution in [0.5, 0.6) is 5.75 Å². The van der Waals surface area contributed by atoms with Crippen LogP contribution in [0.15, 0.2) is 23.9 Å². The molecule has 1 fully saturated rings. The third kappa shape index (κ3) is 5.48. The van der Waals surface area contributed by atoms with Crippen molar-refractivity contribution in [2.24, 2.45) is 0 Å². The van der Waals surface area contributed by atoms with Gasteiger partial charge in [0.2, 0.25) is 0 Å². The number of carbonyl (C=O) groups is 1. The number of nitrogens with zero attached hydrogens (tertiary/aromatic N) is 1. The Morgan fingerprint density at radius 2 is 1.96 bits per heavy atom. The van der Waals surface area contributed by atoms with Crippen molar-refractivity contribution in [3.8, 4) is 5.75 Å². The summed E-state index contributed by atoms with van der Waals surface area (Å²) in [5.41, 5.74) is -2.45. The molecule has 0 saturated carbocycles. The number of benzene rings is 1. The minimum atomic E-state index is -4.83. The molecule has 0 radical (unpaired) electrons. The molecule has 0 spiro atoms. The summed E-state index contributed by atoms with van der Waals surface area (Å²) in [6.07, 6.45) is -4.87. The van der Waals surface area contributed by atoms with Gasteiger partial charge in [-0.2, -0.15) is 13.2 Å². The first-order valence-electron chi connectivity index (χ1n) is 8.22. The summed E-state index contributed by atoms with van der Waals surface area (Å²) in [4.78, 5) is 27.9. The number of hydroxylamine groups is 2. The van der Waals surface area contributed by atoms with Crippen molar-refractivity contribution in [1.82, 2.24) is 5.06 Å². The van der Waals surface area contributed by atoms with Crippen molar-refractivity contribution in [3.63, 3.8) is 0 Å². The van der Waals surface area contributed by atoms with E-state index in [4.69, 9.17) is 14.7 Å². The van der Waals surface area contributed by atoms with E-state index in [-0.39, 0.29) is 17.9 Å². The van der Waals surface area contributed by atoms with Crippen LogP contribution in [-0.4, -0.2) is 40.3 Å². The van der Waals surface area contributed by atoms with Gasteiger partial charge in [-0.25, -0.2) is 14.7 Å². The van der Waals surface area contributed by atoms with Gasteiger partial charge in [-0.3, -0.25) is 4.84 Å². The van der Waals surface area contributed by atoms with E-state index in [1.54, 1.807) is 5.94 Å². The van der Waals surface area contributed by atoms with Gasteiger partial charge in [-0.1, -0.05) is 0 Å². The summed E-state index contributed by atoms with van der Waals surface area (Å²) >= 11 is 0. The summed E-state index contributed by atoms with van der Waals surface area (Å²) < 4.78 is 44.8. The SMILES string of the molecule is CC(C)(C)ON1CCC(Oc2ccc(C(=O)O)c(C(F)(F)F)c2)CC1=C=O. The lowest BCUT2D eigenvalue weighted by atomic mass is 10.0. The highest BCUT2D eigenvalue weighted by Crippen LogP contribution is 2.35. The molecule has 0 aromatic heterocycles. The predicted molar refractivity (Wildman–Crippen MR) is 88.8 cm³/mol. The lowest BCUT2D eigenvalue weighted by Gasteiger charge is -2.36. The van der Waals surface area contributed by atoms with Crippen molar-refractivity contribution in [1.29, 1.82) is 0 Å². The standard InChI is InChI=1S/C18H20F3NO5/c1-17(2,3)27-22-7-6-13(8-11(22)10-23)26-12-4-5-14(16(24)25)15(9-12)18(19,20)21/h4-5,9,13H,6-8H2,1-3H3,(H,24,25). The number of halogens is 3. The van der Waals surface area contributed by atoms with Crippen LogP contribution < -0.4 is 4.74 Å². The Kier molecular flexibility index (Phi) is 5.87. The van der Waals surface area contributed by atoms with E-state index in [1.807, 2.05) is 20.8 Å². The molecule has 1 aromatic rings. The molecular weight excluding hydrogens is 367 g/mol. The minimum absolute atomic E-state index is 0.113. The van der Waals surface area contributed by atoms with E-state index in [9.17, 15) is 22.8 Å². The van der Waals surface area contributed by atoms with Crippen LogP contribution in [0, 0.1) is 0 Å². The molecule has 0 bridgehead atoms. The van der Waals surface area contributed by atoms with Crippen LogP contribution in [-0.2, 0) is 15.8 Å². The van der Waals surface area contributed by atoms with E-state index >= 15 is 0 Å². The second-order valence-corrected chi connectivity index (χ2v) is 7.10. The van der Waals surface area contributed by atoms with Gasteiger partial charge in [0.25, 0.3) is 0 Å². The second-order valence-electron chi connectivity index (χ2n) is 7.10. The lowest BCUT2D eigenvalue weighted by molar-refractivity contribution is -0.217. The van der Waals surface area contributed by atoms with Crippen molar-refractivity contribution >= 4 is 11.9 Å². The topological polar surface area (TPSA) is 76.1 Å². The summed E-state index contributed by atoms with van der Waals surface area (Å²) in [6, 6.07) is 2.68. The van der Waals surface area contributed by atoms with Crippen LogP contribution in [0.2, 0.25) is 0 Å². The molecule has 1 unspecified atom stereocenters. The number of ether oxygens (including phenoxy) is 1. The Morgan fingerprint density at radius 1 is 1.30 bits per heavy atom. The third-order valence-corrected chi connectivity index (χ3v) is 3.71. The fraction of sp³-hybridized carbons (Fsp3) is 0.500. The van der Waals surface area contributed by atoms with E-state index < -0.39 is 35.0 Å². The molecule has 27 heavy (non-hydrogen) atoms. The molecule has 0 aliphatic carbocycles. The number of carboxylic acid groups (broad SMARTS) is 1. The highest BCUT2D eigenvalue weighted by molar-refractivity contribution is 5.89. The van der Waals surface area contributed by atoms with Gasteiger partial charge in [-0.15, -0.1) is 0 Å². The first kappa shape index (κ1) is 20.8. The van der Waals surface area contributed by atoms with Crippen LogP contribution in [0.1, 0.15) is 49.5 Å². The van der Waals surface area contributed by atoms with Crippen molar-refractivity contribution in [3.05, 3.63) is 35.0 Å². The zero-order valence-corrected chi connectivity index (χ0v) is 15.1. The number of rotatable bonds is 4. The molecular formula is C18H20F3NO5. The maximum atomic E-state index is 13.1. The molecule has 0 amide bonds. The third-order valence-electron chi connectivity index (χ3n) is 3.71. The van der Waals surface area contributed by atoms with Crippen LogP contribution in [0.3, 0.4) is 0 Å². The second kappa shape index (κ2) is 7.62. The van der Waals surface area contributed by atoms with Crippen LogP contribution >= 0.6 is 0 Å². The largest absolute Gasteiger partial charge is 0.490 e. The van der Waals surface area contributed by atoms with E-state index in [0.717, 1.165) is 6.07 Å². The average molecular weight is 387 g/mol. The van der Waals surface area contributed by atoms with E-state index in [1.165, 1.54) is 11.1 Å². The molecule has 6 nitrogen and oxygen atoms in total. The lowest BCUT2D eigenvalue weighted by Crippen LogP contribution is -2.41. The monoisotopic (exact) mass is 387 g/mol. The molecule has 1 saturated heterocycles. The summed E-state index contributed by atoms with van der Waals surface area (Å²) in [6.45, 7) is 5.77. The maximum absolute atomic E-state index is 13.1. The quantitative estimate of drug-likeness (QED) is 0.794. The Labute approximate surface area is 154 Å². The molecule has 1 aliphatic rings. The Balaban J connectivity index is 2.17. The molecule has 1 aromatic carbocycles. The zero-order valence-electron chi connectivity index (χ0n) is 15.1. The summed E-state index contributed by atoms with van der Waals surface area (Å²) in [7, 11) is 0. The molecule has 148 valence electrons. The average Bonchev–Trinajstić information content (AvgIpc) is 2.54. The van der Waals surface area contributed by atoms with Gasteiger partial charge in [0.1, 0.15) is 23.5 Å². The Hall–Kier alpha value is -2.51. The van der Waals surface area contributed by atoms with Gasteiger partial charge >= 0.3 is 12.1 Å². The van der Waals surface area contributed by atoms with Gasteiger partial charge in [-0.05, 0) is 39.0 Å².